The van der Waals surface area contributed by atoms with E-state index in [9.17, 15) is 9.59 Å². The Balaban J connectivity index is 1.89. The van der Waals surface area contributed by atoms with Gasteiger partial charge in [-0.25, -0.2) is 0 Å². The maximum atomic E-state index is 13.1. The number of aryl methyl sites for hydroxylation is 1. The highest BCUT2D eigenvalue weighted by atomic mass is 79.9. The predicted octanol–water partition coefficient (Wildman–Crippen LogP) is 5.29. The maximum Gasteiger partial charge on any atom is 0.232 e. The predicted molar refractivity (Wildman–Crippen MR) is 106 cm³/mol. The maximum absolute atomic E-state index is 13.1. The van der Waals surface area contributed by atoms with E-state index in [2.05, 4.69) is 22.0 Å². The summed E-state index contributed by atoms with van der Waals surface area (Å²) in [6.45, 7) is 2.04. The Labute approximate surface area is 161 Å². The van der Waals surface area contributed by atoms with Crippen LogP contribution in [0.5, 0.6) is 0 Å². The Kier molecular flexibility index (Phi) is 4.53. The van der Waals surface area contributed by atoms with Gasteiger partial charge in [-0.2, -0.15) is 0 Å². The van der Waals surface area contributed by atoms with Crippen molar-refractivity contribution in [3.63, 3.8) is 0 Å². The van der Waals surface area contributed by atoms with Gasteiger partial charge >= 0.3 is 0 Å². The number of allylic oxidation sites excluding steroid dienone is 2. The van der Waals surface area contributed by atoms with E-state index in [1.807, 2.05) is 49.4 Å². The largest absolute Gasteiger partial charge is 0.294 e. The van der Waals surface area contributed by atoms with E-state index in [0.717, 1.165) is 45.4 Å². The summed E-state index contributed by atoms with van der Waals surface area (Å²) < 4.78 is 0.868. The van der Waals surface area contributed by atoms with Gasteiger partial charge < -0.3 is 0 Å². The minimum absolute atomic E-state index is 0.0526. The molecule has 1 aliphatic carbocycles. The number of carbonyl (C=O) groups excluding carboxylic acids is 2. The Hall–Kier alpha value is -2.20. The van der Waals surface area contributed by atoms with Gasteiger partial charge in [0.15, 0.2) is 5.78 Å². The molecule has 0 bridgehead atoms. The lowest BCUT2D eigenvalue weighted by Gasteiger charge is -2.38. The number of amides is 1. The van der Waals surface area contributed by atoms with Crippen LogP contribution in [0.1, 0.15) is 42.7 Å². The zero-order valence-electron chi connectivity index (χ0n) is 14.7. The first-order valence-corrected chi connectivity index (χ1v) is 9.76. The molecule has 2 aromatic rings. The Bertz CT molecular complexity index is 931. The molecule has 4 heteroatoms. The molecule has 0 saturated carbocycles. The summed E-state index contributed by atoms with van der Waals surface area (Å²) in [7, 11) is 0. The van der Waals surface area contributed by atoms with Crippen LogP contribution in [0.25, 0.3) is 0 Å². The fourth-order valence-corrected chi connectivity index (χ4v) is 4.54. The summed E-state index contributed by atoms with van der Waals surface area (Å²) in [5.74, 6) is 0.100. The van der Waals surface area contributed by atoms with Gasteiger partial charge in [-0.15, -0.1) is 0 Å². The van der Waals surface area contributed by atoms with Crippen LogP contribution in [-0.2, 0) is 9.59 Å². The number of rotatable bonds is 2. The molecule has 0 fully saturated rings. The third-order valence-corrected chi connectivity index (χ3v) is 5.88. The molecule has 3 nitrogen and oxygen atoms in total. The molecule has 2 aromatic carbocycles. The van der Waals surface area contributed by atoms with E-state index >= 15 is 0 Å². The van der Waals surface area contributed by atoms with Gasteiger partial charge in [0, 0.05) is 34.5 Å². The molecule has 26 heavy (non-hydrogen) atoms. The first-order valence-electron chi connectivity index (χ1n) is 8.96. The van der Waals surface area contributed by atoms with Crippen LogP contribution in [0.4, 0.5) is 5.69 Å². The van der Waals surface area contributed by atoms with Crippen molar-refractivity contribution in [3.8, 4) is 0 Å². The standard InChI is InChI=1S/C22H20BrNO2/c1-14-6-4-7-15(12-14)16-13-21(26)24(18-9-3-2-8-17(18)23)19-10-5-11-20(25)22(16)19/h2-4,6-9,12,16H,5,10-11,13H2,1H3. The molecule has 1 unspecified atom stereocenters. The average molecular weight is 410 g/mol. The number of nitrogens with zero attached hydrogens (tertiary/aromatic N) is 1. The van der Waals surface area contributed by atoms with Gasteiger partial charge in [-0.3, -0.25) is 14.5 Å². The van der Waals surface area contributed by atoms with Gasteiger partial charge in [0.05, 0.1) is 5.69 Å². The minimum atomic E-state index is -0.135. The average Bonchev–Trinajstić information content (AvgIpc) is 2.62. The third kappa shape index (κ3) is 2.92. The second kappa shape index (κ2) is 6.84. The SMILES string of the molecule is Cc1cccc(C2CC(=O)N(c3ccccc3Br)C3=C2C(=O)CCC3)c1. The van der Waals surface area contributed by atoms with E-state index in [1.54, 1.807) is 4.90 Å². The van der Waals surface area contributed by atoms with Crippen LogP contribution in [0.15, 0.2) is 64.3 Å². The molecule has 0 N–H and O–H groups in total. The number of benzene rings is 2. The van der Waals surface area contributed by atoms with Crippen molar-refractivity contribution < 1.29 is 9.59 Å². The first-order chi connectivity index (χ1) is 12.6. The molecule has 0 radical (unpaired) electrons. The number of carbonyl (C=O) groups is 2. The summed E-state index contributed by atoms with van der Waals surface area (Å²) in [6, 6.07) is 15.9. The second-order valence-corrected chi connectivity index (χ2v) is 7.84. The quantitative estimate of drug-likeness (QED) is 0.675. The van der Waals surface area contributed by atoms with Crippen molar-refractivity contribution in [1.82, 2.24) is 0 Å². The van der Waals surface area contributed by atoms with Gasteiger partial charge in [0.1, 0.15) is 0 Å². The normalized spacial score (nSPS) is 20.4. The number of para-hydroxylation sites is 1. The van der Waals surface area contributed by atoms with Crippen molar-refractivity contribution >= 4 is 33.3 Å². The van der Waals surface area contributed by atoms with Crippen LogP contribution in [0.3, 0.4) is 0 Å². The van der Waals surface area contributed by atoms with E-state index in [4.69, 9.17) is 0 Å². The zero-order valence-corrected chi connectivity index (χ0v) is 16.3. The smallest absolute Gasteiger partial charge is 0.232 e. The van der Waals surface area contributed by atoms with E-state index < -0.39 is 0 Å². The minimum Gasteiger partial charge on any atom is -0.294 e. The molecule has 2 aliphatic rings. The second-order valence-electron chi connectivity index (χ2n) is 6.99. The van der Waals surface area contributed by atoms with Crippen LogP contribution < -0.4 is 4.90 Å². The molecule has 1 aliphatic heterocycles. The Morgan fingerprint density at radius 3 is 2.62 bits per heavy atom. The van der Waals surface area contributed by atoms with Crippen LogP contribution in [0.2, 0.25) is 0 Å². The highest BCUT2D eigenvalue weighted by Crippen LogP contribution is 2.44. The lowest BCUT2D eigenvalue weighted by molar-refractivity contribution is -0.119. The molecule has 4 rings (SSSR count). The molecule has 1 amide bonds. The summed E-state index contributed by atoms with van der Waals surface area (Å²) in [6.07, 6.45) is 2.46. The topological polar surface area (TPSA) is 37.4 Å². The highest BCUT2D eigenvalue weighted by Gasteiger charge is 2.40. The molecule has 0 spiro atoms. The molecular formula is C22H20BrNO2. The van der Waals surface area contributed by atoms with E-state index in [-0.39, 0.29) is 17.6 Å². The van der Waals surface area contributed by atoms with Crippen LogP contribution in [0, 0.1) is 6.92 Å². The van der Waals surface area contributed by atoms with Gasteiger partial charge in [0.2, 0.25) is 5.91 Å². The Morgan fingerprint density at radius 2 is 1.85 bits per heavy atom. The number of anilines is 1. The lowest BCUT2D eigenvalue weighted by Crippen LogP contribution is -2.40. The fraction of sp³-hybridized carbons (Fsp3) is 0.273. The monoisotopic (exact) mass is 409 g/mol. The number of hydrogen-bond donors (Lipinski definition) is 0. The molecule has 1 atom stereocenters. The van der Waals surface area contributed by atoms with E-state index in [1.165, 1.54) is 0 Å². The molecule has 0 saturated heterocycles. The van der Waals surface area contributed by atoms with Crippen molar-refractivity contribution in [3.05, 3.63) is 75.4 Å². The molecular weight excluding hydrogens is 390 g/mol. The number of Topliss-reactive ketones (excluding diaryl/α,β-unsaturated/α-hetero) is 1. The zero-order chi connectivity index (χ0) is 18.3. The van der Waals surface area contributed by atoms with Gasteiger partial charge in [-0.05, 0) is 53.4 Å². The van der Waals surface area contributed by atoms with Crippen molar-refractivity contribution in [1.29, 1.82) is 0 Å². The third-order valence-electron chi connectivity index (χ3n) is 5.21. The van der Waals surface area contributed by atoms with Crippen molar-refractivity contribution in [2.24, 2.45) is 0 Å². The molecule has 1 heterocycles. The number of halogens is 1. The summed E-state index contributed by atoms with van der Waals surface area (Å²) in [5, 5.41) is 0. The highest BCUT2D eigenvalue weighted by molar-refractivity contribution is 9.10. The molecule has 132 valence electrons. The van der Waals surface area contributed by atoms with Crippen LogP contribution >= 0.6 is 15.9 Å². The first kappa shape index (κ1) is 17.2. The van der Waals surface area contributed by atoms with Crippen molar-refractivity contribution in [2.75, 3.05) is 4.90 Å². The van der Waals surface area contributed by atoms with Crippen molar-refractivity contribution in [2.45, 2.75) is 38.5 Å². The van der Waals surface area contributed by atoms with E-state index in [0.29, 0.717) is 12.8 Å². The lowest BCUT2D eigenvalue weighted by atomic mass is 9.77. The molecule has 0 aromatic heterocycles. The number of ketones is 1. The number of hydrogen-bond acceptors (Lipinski definition) is 2. The van der Waals surface area contributed by atoms with Crippen LogP contribution in [-0.4, -0.2) is 11.7 Å². The summed E-state index contributed by atoms with van der Waals surface area (Å²) in [5.41, 5.74) is 4.75. The van der Waals surface area contributed by atoms with Gasteiger partial charge in [0.25, 0.3) is 0 Å². The summed E-state index contributed by atoms with van der Waals surface area (Å²) >= 11 is 3.56. The fourth-order valence-electron chi connectivity index (χ4n) is 4.08. The summed E-state index contributed by atoms with van der Waals surface area (Å²) in [4.78, 5) is 27.8. The van der Waals surface area contributed by atoms with Gasteiger partial charge in [-0.1, -0.05) is 42.0 Å². The Morgan fingerprint density at radius 1 is 1.04 bits per heavy atom.